The Morgan fingerprint density at radius 3 is 2.06 bits per heavy atom. The molecule has 0 fully saturated rings. The Balaban J connectivity index is 2.85. The fourth-order valence-corrected chi connectivity index (χ4v) is 1.45. The van der Waals surface area contributed by atoms with Crippen LogP contribution in [0.3, 0.4) is 0 Å². The van der Waals surface area contributed by atoms with Gasteiger partial charge >= 0.3 is 0 Å². The molecule has 94 valence electrons. The first-order valence-electron chi connectivity index (χ1n) is 5.70. The van der Waals surface area contributed by atoms with E-state index in [1.807, 2.05) is 56.3 Å². The van der Waals surface area contributed by atoms with Crippen LogP contribution < -0.4 is 0 Å². The van der Waals surface area contributed by atoms with Gasteiger partial charge in [-0.2, -0.15) is 5.10 Å². The summed E-state index contributed by atoms with van der Waals surface area (Å²) in [5.41, 5.74) is 1.27. The maximum absolute atomic E-state index is 4.53. The van der Waals surface area contributed by atoms with Gasteiger partial charge in [-0.25, -0.2) is 5.01 Å². The highest BCUT2D eigenvalue weighted by Gasteiger charge is 2.10. The lowest BCUT2D eigenvalue weighted by atomic mass is 10.1. The maximum atomic E-state index is 4.53. The predicted octanol–water partition coefficient (Wildman–Crippen LogP) is 1.51. The quantitative estimate of drug-likeness (QED) is 0.448. The first kappa shape index (κ1) is 13.5. The lowest BCUT2D eigenvalue weighted by Crippen LogP contribution is -2.40. The van der Waals surface area contributed by atoms with E-state index in [4.69, 9.17) is 0 Å². The lowest BCUT2D eigenvalue weighted by Gasteiger charge is -2.28. The minimum atomic E-state index is 0.827. The van der Waals surface area contributed by atoms with Crippen LogP contribution in [0.1, 0.15) is 5.56 Å². The van der Waals surface area contributed by atoms with Crippen molar-refractivity contribution in [1.82, 2.24) is 15.0 Å². The number of benzene rings is 1. The van der Waals surface area contributed by atoms with Crippen molar-refractivity contribution >= 4 is 5.84 Å². The highest BCUT2D eigenvalue weighted by Crippen LogP contribution is 2.04. The first-order valence-corrected chi connectivity index (χ1v) is 5.70. The summed E-state index contributed by atoms with van der Waals surface area (Å²) in [6, 6.07) is 10.4. The first-order chi connectivity index (χ1) is 8.00. The van der Waals surface area contributed by atoms with Crippen molar-refractivity contribution in [2.45, 2.75) is 6.42 Å². The molecular weight excluding hydrogens is 212 g/mol. The number of nitrogens with zero attached hydrogens (tertiary/aromatic N) is 4. The van der Waals surface area contributed by atoms with Gasteiger partial charge in [-0.05, 0) is 5.56 Å². The summed E-state index contributed by atoms with van der Waals surface area (Å²) in [5, 5.41) is 10.4. The maximum Gasteiger partial charge on any atom is 0.143 e. The van der Waals surface area contributed by atoms with Crippen LogP contribution in [0, 0.1) is 0 Å². The summed E-state index contributed by atoms with van der Waals surface area (Å²) in [4.78, 5) is 0. The molecule has 1 rings (SSSR count). The molecule has 0 aliphatic heterocycles. The van der Waals surface area contributed by atoms with Crippen molar-refractivity contribution in [3.05, 3.63) is 35.9 Å². The Bertz CT molecular complexity index is 357. The van der Waals surface area contributed by atoms with Crippen LogP contribution in [-0.2, 0) is 6.42 Å². The Labute approximate surface area is 104 Å². The summed E-state index contributed by atoms with van der Waals surface area (Å²) in [5.74, 6) is 1.02. The second kappa shape index (κ2) is 6.25. The molecule has 0 heterocycles. The van der Waals surface area contributed by atoms with Gasteiger partial charge in [0.25, 0.3) is 0 Å². The third kappa shape index (κ3) is 4.44. The number of hydrazine groups is 1. The predicted molar refractivity (Wildman–Crippen MR) is 72.7 cm³/mol. The number of hydrogen-bond donors (Lipinski definition) is 0. The fraction of sp³-hybridized carbons (Fsp3) is 0.462. The molecule has 0 bridgehead atoms. The molecule has 0 amide bonds. The number of likely N-dealkylation sites (N-methyl/N-ethyl adjacent to an activating group) is 1. The van der Waals surface area contributed by atoms with Crippen LogP contribution >= 0.6 is 0 Å². The minimum Gasteiger partial charge on any atom is -0.301 e. The number of amidine groups is 1. The highest BCUT2D eigenvalue weighted by atomic mass is 15.6. The molecule has 0 saturated carbocycles. The summed E-state index contributed by atoms with van der Waals surface area (Å²) >= 11 is 0. The molecule has 0 radical (unpaired) electrons. The second-order valence-corrected chi connectivity index (χ2v) is 4.40. The summed E-state index contributed by atoms with van der Waals surface area (Å²) in [7, 11) is 9.92. The van der Waals surface area contributed by atoms with Crippen molar-refractivity contribution in [2.24, 2.45) is 5.10 Å². The van der Waals surface area contributed by atoms with Gasteiger partial charge in [0.1, 0.15) is 5.84 Å². The fourth-order valence-electron chi connectivity index (χ4n) is 1.45. The Kier molecular flexibility index (Phi) is 4.97. The van der Waals surface area contributed by atoms with Gasteiger partial charge in [0.15, 0.2) is 0 Å². The third-order valence-electron chi connectivity index (χ3n) is 2.49. The second-order valence-electron chi connectivity index (χ2n) is 4.40. The van der Waals surface area contributed by atoms with Gasteiger partial charge in [-0.3, -0.25) is 5.01 Å². The van der Waals surface area contributed by atoms with E-state index in [9.17, 15) is 0 Å². The van der Waals surface area contributed by atoms with E-state index in [1.165, 1.54) is 5.56 Å². The van der Waals surface area contributed by atoms with E-state index in [-0.39, 0.29) is 0 Å². The van der Waals surface area contributed by atoms with Gasteiger partial charge in [-0.1, -0.05) is 30.3 Å². The molecule has 0 spiro atoms. The molecule has 17 heavy (non-hydrogen) atoms. The Morgan fingerprint density at radius 1 is 1.00 bits per heavy atom. The van der Waals surface area contributed by atoms with Crippen LogP contribution in [0.5, 0.6) is 0 Å². The number of hydrogen-bond acceptors (Lipinski definition) is 3. The molecule has 1 aromatic carbocycles. The van der Waals surface area contributed by atoms with E-state index in [0.29, 0.717) is 0 Å². The standard InChI is InChI=1S/C13H22N4/c1-15(2)14-13(17(5)16(3)4)11-12-9-7-6-8-10-12/h6-10H,11H2,1-5H3/b14-13-. The van der Waals surface area contributed by atoms with E-state index >= 15 is 0 Å². The zero-order chi connectivity index (χ0) is 12.8. The van der Waals surface area contributed by atoms with Crippen LogP contribution in [0.2, 0.25) is 0 Å². The summed E-state index contributed by atoms with van der Waals surface area (Å²) in [6.07, 6.45) is 0.827. The van der Waals surface area contributed by atoms with E-state index in [2.05, 4.69) is 29.4 Å². The SMILES string of the molecule is CN(C)/N=C(/Cc1ccccc1)N(C)N(C)C. The van der Waals surface area contributed by atoms with Crippen LogP contribution in [0.4, 0.5) is 0 Å². The largest absolute Gasteiger partial charge is 0.301 e. The minimum absolute atomic E-state index is 0.827. The molecule has 0 saturated heterocycles. The molecular formula is C13H22N4. The molecule has 0 atom stereocenters. The van der Waals surface area contributed by atoms with Crippen molar-refractivity contribution in [1.29, 1.82) is 0 Å². The van der Waals surface area contributed by atoms with Crippen molar-refractivity contribution < 1.29 is 0 Å². The normalized spacial score (nSPS) is 11.8. The van der Waals surface area contributed by atoms with Crippen molar-refractivity contribution in [3.8, 4) is 0 Å². The van der Waals surface area contributed by atoms with E-state index in [1.54, 1.807) is 0 Å². The van der Waals surface area contributed by atoms with Gasteiger partial charge in [0, 0.05) is 41.7 Å². The average molecular weight is 234 g/mol. The topological polar surface area (TPSA) is 22.1 Å². The van der Waals surface area contributed by atoms with Gasteiger partial charge in [0.05, 0.1) is 0 Å². The lowest BCUT2D eigenvalue weighted by molar-refractivity contribution is 0.138. The van der Waals surface area contributed by atoms with Crippen LogP contribution in [0.25, 0.3) is 0 Å². The van der Waals surface area contributed by atoms with Crippen LogP contribution in [-0.4, -0.2) is 56.1 Å². The zero-order valence-electron chi connectivity index (χ0n) is 11.4. The number of hydrazone groups is 1. The highest BCUT2D eigenvalue weighted by molar-refractivity contribution is 5.83. The van der Waals surface area contributed by atoms with Crippen LogP contribution in [0.15, 0.2) is 35.4 Å². The number of rotatable bonds is 4. The zero-order valence-corrected chi connectivity index (χ0v) is 11.4. The molecule has 0 aliphatic carbocycles. The molecule has 0 aromatic heterocycles. The van der Waals surface area contributed by atoms with E-state index in [0.717, 1.165) is 12.3 Å². The van der Waals surface area contributed by atoms with E-state index < -0.39 is 0 Å². The Hall–Kier alpha value is -1.55. The molecule has 0 unspecified atom stereocenters. The molecule has 0 aliphatic rings. The summed E-state index contributed by atoms with van der Waals surface area (Å²) in [6.45, 7) is 0. The third-order valence-corrected chi connectivity index (χ3v) is 2.49. The smallest absolute Gasteiger partial charge is 0.143 e. The average Bonchev–Trinajstić information content (AvgIpc) is 2.28. The molecule has 4 nitrogen and oxygen atoms in total. The molecule has 1 aromatic rings. The van der Waals surface area contributed by atoms with Gasteiger partial charge in [0.2, 0.25) is 0 Å². The summed E-state index contributed by atoms with van der Waals surface area (Å²) < 4.78 is 0. The van der Waals surface area contributed by atoms with Crippen molar-refractivity contribution in [3.63, 3.8) is 0 Å². The monoisotopic (exact) mass is 234 g/mol. The molecule has 4 heteroatoms. The molecule has 0 N–H and O–H groups in total. The van der Waals surface area contributed by atoms with Crippen molar-refractivity contribution in [2.75, 3.05) is 35.2 Å². The van der Waals surface area contributed by atoms with Gasteiger partial charge < -0.3 is 5.01 Å². The van der Waals surface area contributed by atoms with Gasteiger partial charge in [-0.15, -0.1) is 0 Å². The Morgan fingerprint density at radius 2 is 1.59 bits per heavy atom.